The number of amides is 1. The maximum Gasteiger partial charge on any atom is 0.268 e. The number of rotatable bonds is 5. The van der Waals surface area contributed by atoms with Crippen molar-refractivity contribution >= 4 is 33.1 Å². The molecule has 0 aliphatic heterocycles. The van der Waals surface area contributed by atoms with Gasteiger partial charge >= 0.3 is 0 Å². The van der Waals surface area contributed by atoms with Crippen LogP contribution < -0.4 is 10.9 Å². The van der Waals surface area contributed by atoms with Crippen molar-refractivity contribution in [1.29, 1.82) is 0 Å². The molecule has 12 heteroatoms. The van der Waals surface area contributed by atoms with Crippen LogP contribution in [0.15, 0.2) is 58.4 Å². The molecule has 0 radical (unpaired) electrons. The van der Waals surface area contributed by atoms with Crippen LogP contribution in [0.5, 0.6) is 0 Å². The maximum atomic E-state index is 13.8. The maximum absolute atomic E-state index is 13.8. The minimum Gasteiger partial charge on any atom is -0.333 e. The molecule has 1 N–H and O–H groups in total. The van der Waals surface area contributed by atoms with E-state index in [1.807, 2.05) is 0 Å². The quantitative estimate of drug-likeness (QED) is 0.407. The fourth-order valence-corrected chi connectivity index (χ4v) is 4.41. The highest BCUT2D eigenvalue weighted by Gasteiger charge is 2.21. The number of hydrogen-bond donors (Lipinski definition) is 1. The molecule has 1 amide bonds. The molecule has 0 saturated heterocycles. The Morgan fingerprint density at radius 1 is 1.21 bits per heavy atom. The first-order chi connectivity index (χ1) is 16.4. The van der Waals surface area contributed by atoms with E-state index < -0.39 is 29.6 Å². The van der Waals surface area contributed by atoms with Crippen LogP contribution in [0.25, 0.3) is 32.4 Å². The van der Waals surface area contributed by atoms with E-state index in [0.29, 0.717) is 32.5 Å². The summed E-state index contributed by atoms with van der Waals surface area (Å²) in [5, 5.41) is 6.62. The van der Waals surface area contributed by atoms with E-state index >= 15 is 0 Å². The number of thiophene rings is 1. The molecular weight excluding hydrogens is 466 g/mol. The largest absolute Gasteiger partial charge is 0.333 e. The van der Waals surface area contributed by atoms with Crippen LogP contribution in [0.4, 0.5) is 14.5 Å². The zero-order chi connectivity index (χ0) is 23.8. The first-order valence-electron chi connectivity index (χ1n) is 9.88. The minimum atomic E-state index is -0.918. The molecule has 4 heterocycles. The molecule has 4 aromatic heterocycles. The lowest BCUT2D eigenvalue weighted by Gasteiger charge is -2.08. The molecule has 170 valence electrons. The number of fused-ring (bicyclic) bond motifs is 1. The number of benzene rings is 1. The monoisotopic (exact) mass is 480 g/mol. The van der Waals surface area contributed by atoms with E-state index in [2.05, 4.69) is 25.4 Å². The van der Waals surface area contributed by atoms with Gasteiger partial charge in [0.1, 0.15) is 23.0 Å². The topological polar surface area (TPSA) is 116 Å². The summed E-state index contributed by atoms with van der Waals surface area (Å²) in [6.45, 7) is 1.32. The van der Waals surface area contributed by atoms with Crippen molar-refractivity contribution in [1.82, 2.24) is 24.7 Å². The van der Waals surface area contributed by atoms with Gasteiger partial charge in [-0.2, -0.15) is 4.98 Å². The van der Waals surface area contributed by atoms with Crippen molar-refractivity contribution in [2.45, 2.75) is 13.5 Å². The van der Waals surface area contributed by atoms with E-state index in [1.165, 1.54) is 17.7 Å². The molecular formula is C22H14F2N6O3S. The summed E-state index contributed by atoms with van der Waals surface area (Å²) in [7, 11) is 0. The first kappa shape index (κ1) is 21.5. The molecule has 34 heavy (non-hydrogen) atoms. The smallest absolute Gasteiger partial charge is 0.268 e. The van der Waals surface area contributed by atoms with Gasteiger partial charge in [-0.05, 0) is 36.8 Å². The molecule has 1 aromatic carbocycles. The predicted octanol–water partition coefficient (Wildman–Crippen LogP) is 3.80. The Balaban J connectivity index is 1.44. The van der Waals surface area contributed by atoms with E-state index in [0.717, 1.165) is 22.3 Å². The SMILES string of the molecule is Cc1c(-c2nc(-c3ccncc3)no2)sc2ncn(CC(=O)Nc3ccc(F)cc3F)c(=O)c12. The summed E-state index contributed by atoms with van der Waals surface area (Å²) in [4.78, 5) is 39.1. The van der Waals surface area contributed by atoms with Crippen LogP contribution >= 0.6 is 11.3 Å². The lowest BCUT2D eigenvalue weighted by Crippen LogP contribution is -2.28. The summed E-state index contributed by atoms with van der Waals surface area (Å²) < 4.78 is 33.4. The lowest BCUT2D eigenvalue weighted by molar-refractivity contribution is -0.116. The van der Waals surface area contributed by atoms with Crippen LogP contribution in [0.2, 0.25) is 0 Å². The highest BCUT2D eigenvalue weighted by atomic mass is 32.1. The molecule has 9 nitrogen and oxygen atoms in total. The fourth-order valence-electron chi connectivity index (χ4n) is 3.35. The third-order valence-corrected chi connectivity index (χ3v) is 6.18. The van der Waals surface area contributed by atoms with Crippen LogP contribution in [0.3, 0.4) is 0 Å². The summed E-state index contributed by atoms with van der Waals surface area (Å²) in [5.74, 6) is -1.73. The van der Waals surface area contributed by atoms with Gasteiger partial charge < -0.3 is 9.84 Å². The van der Waals surface area contributed by atoms with Crippen molar-refractivity contribution in [3.05, 3.63) is 76.6 Å². The minimum absolute atomic E-state index is 0.191. The van der Waals surface area contributed by atoms with Gasteiger partial charge in [-0.15, -0.1) is 11.3 Å². The average molecular weight is 480 g/mol. The Bertz CT molecular complexity index is 1600. The molecule has 0 saturated carbocycles. The van der Waals surface area contributed by atoms with Crippen LogP contribution in [0, 0.1) is 18.6 Å². The number of halogens is 2. The molecule has 5 rings (SSSR count). The van der Waals surface area contributed by atoms with Crippen molar-refractivity contribution in [3.8, 4) is 22.2 Å². The summed E-state index contributed by atoms with van der Waals surface area (Å²) >= 11 is 1.21. The summed E-state index contributed by atoms with van der Waals surface area (Å²) in [6.07, 6.45) is 4.47. The van der Waals surface area contributed by atoms with Gasteiger partial charge in [0.15, 0.2) is 0 Å². The average Bonchev–Trinajstić information content (AvgIpc) is 3.43. The number of aromatic nitrogens is 5. The Morgan fingerprint density at radius 3 is 2.76 bits per heavy atom. The summed E-state index contributed by atoms with van der Waals surface area (Å²) in [6, 6.07) is 6.27. The van der Waals surface area contributed by atoms with Crippen molar-refractivity contribution in [2.75, 3.05) is 5.32 Å². The zero-order valence-electron chi connectivity index (χ0n) is 17.5. The van der Waals surface area contributed by atoms with Gasteiger partial charge in [-0.25, -0.2) is 13.8 Å². The number of hydrogen-bond acceptors (Lipinski definition) is 8. The summed E-state index contributed by atoms with van der Waals surface area (Å²) in [5.41, 5.74) is 0.673. The first-order valence-corrected chi connectivity index (χ1v) is 10.7. The van der Waals surface area contributed by atoms with Crippen molar-refractivity contribution in [3.63, 3.8) is 0 Å². The number of nitrogens with one attached hydrogen (secondary N) is 1. The highest BCUT2D eigenvalue weighted by molar-refractivity contribution is 7.22. The second kappa shape index (κ2) is 8.56. The predicted molar refractivity (Wildman–Crippen MR) is 120 cm³/mol. The third-order valence-electron chi connectivity index (χ3n) is 5.00. The number of carbonyl (C=O) groups excluding carboxylic acids is 1. The second-order valence-electron chi connectivity index (χ2n) is 7.25. The van der Waals surface area contributed by atoms with Crippen molar-refractivity contribution < 1.29 is 18.1 Å². The van der Waals surface area contributed by atoms with Gasteiger partial charge in [0.2, 0.25) is 11.7 Å². The van der Waals surface area contributed by atoms with Gasteiger partial charge in [0.25, 0.3) is 11.4 Å². The third kappa shape index (κ3) is 3.94. The fraction of sp³-hybridized carbons (Fsp3) is 0.0909. The number of carbonyl (C=O) groups is 1. The van der Waals surface area contributed by atoms with Crippen molar-refractivity contribution in [2.24, 2.45) is 0 Å². The Morgan fingerprint density at radius 2 is 2.00 bits per heavy atom. The zero-order valence-corrected chi connectivity index (χ0v) is 18.3. The van der Waals surface area contributed by atoms with E-state index in [1.54, 1.807) is 31.5 Å². The number of pyridine rings is 1. The Hall–Kier alpha value is -4.32. The Kier molecular flexibility index (Phi) is 5.42. The molecule has 0 spiro atoms. The normalized spacial score (nSPS) is 11.1. The molecule has 0 aliphatic carbocycles. The van der Waals surface area contributed by atoms with Gasteiger partial charge in [-0.1, -0.05) is 5.16 Å². The number of nitrogens with zero attached hydrogens (tertiary/aromatic N) is 5. The van der Waals surface area contributed by atoms with Crippen LogP contribution in [0.1, 0.15) is 5.56 Å². The van der Waals surface area contributed by atoms with Crippen LogP contribution in [-0.2, 0) is 11.3 Å². The van der Waals surface area contributed by atoms with E-state index in [-0.39, 0.29) is 11.6 Å². The Labute approximate surface area is 193 Å². The molecule has 0 unspecified atom stereocenters. The van der Waals surface area contributed by atoms with Gasteiger partial charge in [-0.3, -0.25) is 19.1 Å². The second-order valence-corrected chi connectivity index (χ2v) is 8.24. The molecule has 0 bridgehead atoms. The van der Waals surface area contributed by atoms with Crippen LogP contribution in [-0.4, -0.2) is 30.6 Å². The standard InChI is InChI=1S/C22H14F2N6O3S/c1-11-17-21(34-18(11)20-28-19(29-33-20)12-4-6-25-7-5-12)26-10-30(22(17)32)9-16(31)27-15-3-2-13(23)8-14(15)24/h2-8,10H,9H2,1H3,(H,27,31). The molecule has 5 aromatic rings. The highest BCUT2D eigenvalue weighted by Crippen LogP contribution is 2.35. The van der Waals surface area contributed by atoms with Gasteiger partial charge in [0, 0.05) is 24.0 Å². The molecule has 0 fully saturated rings. The van der Waals surface area contributed by atoms with E-state index in [4.69, 9.17) is 4.52 Å². The number of aryl methyl sites for hydroxylation is 1. The lowest BCUT2D eigenvalue weighted by atomic mass is 10.2. The van der Waals surface area contributed by atoms with Gasteiger partial charge in [0.05, 0.1) is 22.3 Å². The van der Waals surface area contributed by atoms with E-state index in [9.17, 15) is 18.4 Å². The number of anilines is 1. The molecule has 0 atom stereocenters. The molecule has 0 aliphatic rings.